The molecule has 4 saturated heterocycles. The highest BCUT2D eigenvalue weighted by molar-refractivity contribution is 5.76. The molecular weight excluding hydrogens is 548 g/mol. The van der Waals surface area contributed by atoms with Crippen LogP contribution >= 0.6 is 0 Å². The Bertz CT molecular complexity index is 1210. The number of aliphatic hydroxyl groups excluding tert-OH is 1. The van der Waals surface area contributed by atoms with Crippen LogP contribution in [0.1, 0.15) is 58.1 Å². The number of Topliss-reactive ketones (excluding diaryl/α,β-unsaturated/α-hetero) is 1. The molecule has 0 bridgehead atoms. The first-order valence-corrected chi connectivity index (χ1v) is 15.9. The zero-order chi connectivity index (χ0) is 30.1. The Morgan fingerprint density at radius 3 is 2.19 bits per heavy atom. The quantitative estimate of drug-likeness (QED) is 0.464. The van der Waals surface area contributed by atoms with Crippen LogP contribution in [0.4, 0.5) is 0 Å². The summed E-state index contributed by atoms with van der Waals surface area (Å²) in [6, 6.07) is 20.1. The highest BCUT2D eigenvalue weighted by Crippen LogP contribution is 2.50. The minimum absolute atomic E-state index is 0.0122. The molecule has 1 spiro atoms. The summed E-state index contributed by atoms with van der Waals surface area (Å²) in [6.07, 6.45) is -1.86. The molecule has 0 unspecified atom stereocenters. The van der Waals surface area contributed by atoms with Crippen LogP contribution in [0, 0.1) is 17.8 Å². The van der Waals surface area contributed by atoms with E-state index in [2.05, 4.69) is 26.0 Å². The van der Waals surface area contributed by atoms with E-state index in [4.69, 9.17) is 28.4 Å². The van der Waals surface area contributed by atoms with Crippen molar-refractivity contribution in [2.45, 2.75) is 115 Å². The average Bonchev–Trinajstić information content (AvgIpc) is 3.39. The van der Waals surface area contributed by atoms with Gasteiger partial charge in [-0.05, 0) is 24.0 Å². The minimum Gasteiger partial charge on any atom is -0.390 e. The third kappa shape index (κ3) is 6.47. The highest BCUT2D eigenvalue weighted by atomic mass is 16.7. The normalized spacial score (nSPS) is 40.9. The number of hydrogen-bond acceptors (Lipinski definition) is 8. The Morgan fingerprint density at radius 2 is 1.53 bits per heavy atom. The Balaban J connectivity index is 1.17. The van der Waals surface area contributed by atoms with Gasteiger partial charge in [0.25, 0.3) is 0 Å². The number of rotatable bonds is 8. The second kappa shape index (κ2) is 13.1. The van der Waals surface area contributed by atoms with E-state index in [0.29, 0.717) is 32.7 Å². The van der Waals surface area contributed by atoms with Crippen molar-refractivity contribution >= 4 is 5.78 Å². The molecule has 8 heteroatoms. The molecule has 2 aromatic rings. The minimum atomic E-state index is -0.860. The monoisotopic (exact) mass is 594 g/mol. The SMILES string of the molecule is CC(=O)C[C@@H]1O[C@@H]2[C@@H](C)[C@H](O)[C@@H]3O[C@@]4(C[C@H](OCc5ccccc5)CO4)[C@@H](C)[C@H](C)[C@H]3O[C@H]2C[C@H]1OCc1ccccc1. The summed E-state index contributed by atoms with van der Waals surface area (Å²) in [5.41, 5.74) is 2.18. The van der Waals surface area contributed by atoms with Crippen molar-refractivity contribution in [3.63, 3.8) is 0 Å². The van der Waals surface area contributed by atoms with E-state index >= 15 is 0 Å². The fourth-order valence-corrected chi connectivity index (χ4v) is 7.42. The molecule has 6 rings (SSSR count). The van der Waals surface area contributed by atoms with Crippen LogP contribution in [0.2, 0.25) is 0 Å². The molecule has 4 aliphatic heterocycles. The average molecular weight is 595 g/mol. The molecule has 4 aliphatic rings. The van der Waals surface area contributed by atoms with E-state index in [1.807, 2.05) is 55.5 Å². The van der Waals surface area contributed by atoms with Gasteiger partial charge in [-0.2, -0.15) is 0 Å². The number of carbonyl (C=O) groups excluding carboxylic acids is 1. The number of aliphatic hydroxyl groups is 1. The molecular formula is C35H46O8. The van der Waals surface area contributed by atoms with E-state index in [0.717, 1.165) is 11.1 Å². The zero-order valence-corrected chi connectivity index (χ0v) is 25.7. The Labute approximate surface area is 254 Å². The molecule has 0 aliphatic carbocycles. The molecule has 1 N–H and O–H groups in total. The van der Waals surface area contributed by atoms with Crippen molar-refractivity contribution in [1.29, 1.82) is 0 Å². The maximum absolute atomic E-state index is 12.2. The fraction of sp³-hybridized carbons (Fsp3) is 0.629. The van der Waals surface area contributed by atoms with Crippen molar-refractivity contribution in [3.05, 3.63) is 71.8 Å². The fourth-order valence-electron chi connectivity index (χ4n) is 7.42. The van der Waals surface area contributed by atoms with E-state index in [-0.39, 0.29) is 54.4 Å². The van der Waals surface area contributed by atoms with Gasteiger partial charge in [0.15, 0.2) is 5.79 Å². The predicted octanol–water partition coefficient (Wildman–Crippen LogP) is 4.85. The van der Waals surface area contributed by atoms with Crippen LogP contribution in [0.5, 0.6) is 0 Å². The molecule has 2 aromatic carbocycles. The highest BCUT2D eigenvalue weighted by Gasteiger charge is 2.61. The molecule has 0 aromatic heterocycles. The standard InChI is InChI=1S/C35H46O8/c1-21(36)15-29-28(39-19-26-13-9-6-10-14-26)16-30-32(41-29)23(3)31(37)34-33(42-30)22(2)24(4)35(43-34)17-27(20-40-35)38-18-25-11-7-5-8-12-25/h5-14,22-24,27-34,37H,15-20H2,1-4H3/t22-,23-,24-,27-,28+,29-,30-,31-,32+,33+,34-,35-/m0/s1. The predicted molar refractivity (Wildman–Crippen MR) is 159 cm³/mol. The summed E-state index contributed by atoms with van der Waals surface area (Å²) < 4.78 is 39.3. The molecule has 0 radical (unpaired) electrons. The van der Waals surface area contributed by atoms with Crippen LogP contribution in [-0.2, 0) is 46.4 Å². The number of benzene rings is 2. The van der Waals surface area contributed by atoms with Gasteiger partial charge in [-0.15, -0.1) is 0 Å². The molecule has 43 heavy (non-hydrogen) atoms. The number of carbonyl (C=O) groups is 1. The van der Waals surface area contributed by atoms with Crippen LogP contribution in [0.15, 0.2) is 60.7 Å². The van der Waals surface area contributed by atoms with Gasteiger partial charge >= 0.3 is 0 Å². The number of hydrogen-bond donors (Lipinski definition) is 1. The van der Waals surface area contributed by atoms with Crippen molar-refractivity contribution in [2.24, 2.45) is 17.8 Å². The van der Waals surface area contributed by atoms with Gasteiger partial charge in [0.2, 0.25) is 0 Å². The summed E-state index contributed by atoms with van der Waals surface area (Å²) in [7, 11) is 0. The smallest absolute Gasteiger partial charge is 0.174 e. The van der Waals surface area contributed by atoms with Gasteiger partial charge in [-0.25, -0.2) is 0 Å². The maximum Gasteiger partial charge on any atom is 0.174 e. The second-order valence-corrected chi connectivity index (χ2v) is 13.1. The Hall–Kier alpha value is -2.17. The summed E-state index contributed by atoms with van der Waals surface area (Å²) in [5, 5.41) is 11.8. The van der Waals surface area contributed by atoms with Gasteiger partial charge < -0.3 is 33.5 Å². The second-order valence-electron chi connectivity index (χ2n) is 13.1. The first-order valence-electron chi connectivity index (χ1n) is 15.9. The third-order valence-corrected chi connectivity index (χ3v) is 10.1. The molecule has 4 heterocycles. The summed E-state index contributed by atoms with van der Waals surface area (Å²) >= 11 is 0. The lowest BCUT2D eigenvalue weighted by Gasteiger charge is -2.50. The van der Waals surface area contributed by atoms with Crippen molar-refractivity contribution in [2.75, 3.05) is 6.61 Å². The topological polar surface area (TPSA) is 92.7 Å². The molecule has 4 fully saturated rings. The molecule has 0 saturated carbocycles. The van der Waals surface area contributed by atoms with E-state index in [1.54, 1.807) is 6.92 Å². The van der Waals surface area contributed by atoms with Crippen molar-refractivity contribution in [1.82, 2.24) is 0 Å². The van der Waals surface area contributed by atoms with Gasteiger partial charge in [-0.3, -0.25) is 4.79 Å². The molecule has 234 valence electrons. The number of fused-ring (bicyclic) bond motifs is 2. The molecule has 0 amide bonds. The van der Waals surface area contributed by atoms with Crippen molar-refractivity contribution < 1.29 is 38.3 Å². The maximum atomic E-state index is 12.2. The van der Waals surface area contributed by atoms with E-state index < -0.39 is 30.2 Å². The zero-order valence-electron chi connectivity index (χ0n) is 25.7. The first-order chi connectivity index (χ1) is 20.7. The van der Waals surface area contributed by atoms with Crippen molar-refractivity contribution in [3.8, 4) is 0 Å². The molecule has 12 atom stereocenters. The van der Waals surface area contributed by atoms with E-state index in [9.17, 15) is 9.90 Å². The molecule has 8 nitrogen and oxygen atoms in total. The Morgan fingerprint density at radius 1 is 0.884 bits per heavy atom. The Kier molecular flexibility index (Phi) is 9.36. The lowest BCUT2D eigenvalue weighted by molar-refractivity contribution is -0.338. The van der Waals surface area contributed by atoms with Gasteiger partial charge in [0.1, 0.15) is 11.9 Å². The van der Waals surface area contributed by atoms with Crippen LogP contribution in [0.25, 0.3) is 0 Å². The van der Waals surface area contributed by atoms with Gasteiger partial charge in [0.05, 0.1) is 62.5 Å². The number of ketones is 1. The van der Waals surface area contributed by atoms with E-state index in [1.165, 1.54) is 0 Å². The summed E-state index contributed by atoms with van der Waals surface area (Å²) in [4.78, 5) is 12.2. The van der Waals surface area contributed by atoms with Gasteiger partial charge in [0, 0.05) is 31.1 Å². The lowest BCUT2D eigenvalue weighted by Crippen LogP contribution is -2.61. The van der Waals surface area contributed by atoms with Crippen LogP contribution in [0.3, 0.4) is 0 Å². The van der Waals surface area contributed by atoms with Gasteiger partial charge in [-0.1, -0.05) is 81.4 Å². The van der Waals surface area contributed by atoms with Crippen LogP contribution < -0.4 is 0 Å². The third-order valence-electron chi connectivity index (χ3n) is 10.1. The van der Waals surface area contributed by atoms with Crippen LogP contribution in [-0.4, -0.2) is 72.1 Å². The first kappa shape index (κ1) is 30.8. The summed E-state index contributed by atoms with van der Waals surface area (Å²) in [5.74, 6) is -1.04. The lowest BCUT2D eigenvalue weighted by atomic mass is 9.76. The largest absolute Gasteiger partial charge is 0.390 e. The number of ether oxygens (including phenoxy) is 6. The summed E-state index contributed by atoms with van der Waals surface area (Å²) in [6.45, 7) is 9.26.